The number of carboxylic acid groups (broad SMARTS) is 1. The first-order chi connectivity index (χ1) is 12.0. The van der Waals surface area contributed by atoms with Gasteiger partial charge in [0.05, 0.1) is 5.56 Å². The van der Waals surface area contributed by atoms with Crippen LogP contribution in [0.1, 0.15) is 10.4 Å². The summed E-state index contributed by atoms with van der Waals surface area (Å²) >= 11 is 5.12. The normalized spacial score (nSPS) is 10.2. The number of hydrogen-bond acceptors (Lipinski definition) is 6. The number of carbonyl (C=O) groups excluding carboxylic acids is 1. The van der Waals surface area contributed by atoms with Crippen molar-refractivity contribution in [1.29, 1.82) is 0 Å². The first kappa shape index (κ1) is 17.3. The van der Waals surface area contributed by atoms with Crippen molar-refractivity contribution in [2.75, 3.05) is 5.32 Å². The number of nitrogens with one attached hydrogen (secondary N) is 1. The van der Waals surface area contributed by atoms with Crippen molar-refractivity contribution < 1.29 is 19.4 Å². The van der Waals surface area contributed by atoms with Crippen LogP contribution in [0.3, 0.4) is 0 Å². The summed E-state index contributed by atoms with van der Waals surface area (Å²) in [5.41, 5.74) is 1.43. The van der Waals surface area contributed by atoms with E-state index in [1.165, 1.54) is 22.5 Å². The lowest BCUT2D eigenvalue weighted by molar-refractivity contribution is 0.0697. The van der Waals surface area contributed by atoms with Crippen LogP contribution >= 0.6 is 32.9 Å². The second-order valence-corrected chi connectivity index (χ2v) is 7.83. The molecule has 8 heteroatoms. The molecule has 1 aromatic heterocycles. The van der Waals surface area contributed by atoms with E-state index in [1.807, 2.05) is 18.2 Å². The van der Waals surface area contributed by atoms with Crippen LogP contribution in [0.15, 0.2) is 54.6 Å². The van der Waals surface area contributed by atoms with Crippen molar-refractivity contribution in [2.24, 2.45) is 0 Å². The minimum absolute atomic E-state index is 0.0836. The second kappa shape index (κ2) is 7.56. The Morgan fingerprint density at radius 1 is 1.04 bits per heavy atom. The molecule has 2 N–H and O–H groups in total. The smallest absolute Gasteiger partial charge is 0.417 e. The standard InChI is InChI=1S/C17H11NO4S3/c19-16(20)11-2-1-3-12(8-11)18-17(21)22-13-6-4-10(5-7-13)14-9-15(23)25-24-14/h1-9H,(H,18,21)(H,19,20). The molecule has 3 rings (SSSR count). The van der Waals surface area contributed by atoms with E-state index < -0.39 is 12.1 Å². The minimum Gasteiger partial charge on any atom is -0.478 e. The predicted octanol–water partition coefficient (Wildman–Crippen LogP) is 5.52. The van der Waals surface area contributed by atoms with E-state index in [-0.39, 0.29) is 5.56 Å². The molecule has 0 unspecified atom stereocenters. The molecular weight excluding hydrogens is 378 g/mol. The first-order valence-electron chi connectivity index (χ1n) is 7.04. The van der Waals surface area contributed by atoms with Crippen LogP contribution in [-0.2, 0) is 0 Å². The van der Waals surface area contributed by atoms with Crippen molar-refractivity contribution in [3.8, 4) is 16.2 Å². The largest absolute Gasteiger partial charge is 0.478 e. The lowest BCUT2D eigenvalue weighted by Gasteiger charge is -2.07. The van der Waals surface area contributed by atoms with E-state index >= 15 is 0 Å². The summed E-state index contributed by atoms with van der Waals surface area (Å²) in [4.78, 5) is 23.9. The Morgan fingerprint density at radius 3 is 2.44 bits per heavy atom. The summed E-state index contributed by atoms with van der Waals surface area (Å²) in [5.74, 6) is -0.682. The summed E-state index contributed by atoms with van der Waals surface area (Å²) in [6.07, 6.45) is -0.693. The van der Waals surface area contributed by atoms with Crippen LogP contribution in [0.2, 0.25) is 0 Å². The number of amides is 1. The van der Waals surface area contributed by atoms with Crippen molar-refractivity contribution in [3.05, 3.63) is 64.0 Å². The predicted molar refractivity (Wildman–Crippen MR) is 102 cm³/mol. The lowest BCUT2D eigenvalue weighted by atomic mass is 10.2. The number of anilines is 1. The van der Waals surface area contributed by atoms with E-state index in [9.17, 15) is 9.59 Å². The molecule has 1 heterocycles. The SMILES string of the molecule is O=C(Nc1cccc(C(=O)O)c1)Oc1ccc(-c2cc(=S)ss2)cc1. The summed E-state index contributed by atoms with van der Waals surface area (Å²) in [6.45, 7) is 0. The van der Waals surface area contributed by atoms with Gasteiger partial charge in [0.2, 0.25) is 0 Å². The fourth-order valence-corrected chi connectivity index (χ4v) is 4.44. The third-order valence-corrected chi connectivity index (χ3v) is 6.08. The van der Waals surface area contributed by atoms with Crippen molar-refractivity contribution >= 4 is 50.6 Å². The number of hydrogen-bond donors (Lipinski definition) is 2. The van der Waals surface area contributed by atoms with E-state index in [4.69, 9.17) is 22.1 Å². The Bertz CT molecular complexity index is 976. The monoisotopic (exact) mass is 389 g/mol. The maximum Gasteiger partial charge on any atom is 0.417 e. The Kier molecular flexibility index (Phi) is 5.22. The molecule has 0 atom stereocenters. The molecule has 25 heavy (non-hydrogen) atoms. The molecule has 1 amide bonds. The van der Waals surface area contributed by atoms with Crippen LogP contribution in [0.5, 0.6) is 5.75 Å². The van der Waals surface area contributed by atoms with Gasteiger partial charge in [-0.15, -0.1) is 0 Å². The summed E-state index contributed by atoms with van der Waals surface area (Å²) < 4.78 is 6.04. The van der Waals surface area contributed by atoms with E-state index in [0.717, 1.165) is 14.3 Å². The van der Waals surface area contributed by atoms with Gasteiger partial charge in [-0.25, -0.2) is 9.59 Å². The first-order valence-corrected chi connectivity index (χ1v) is 9.60. The molecule has 0 spiro atoms. The van der Waals surface area contributed by atoms with Gasteiger partial charge in [0.1, 0.15) is 9.57 Å². The molecule has 0 aliphatic heterocycles. The highest BCUT2D eigenvalue weighted by molar-refractivity contribution is 7.80. The van der Waals surface area contributed by atoms with Gasteiger partial charge in [-0.3, -0.25) is 5.32 Å². The molecule has 5 nitrogen and oxygen atoms in total. The molecule has 2 aromatic carbocycles. The van der Waals surface area contributed by atoms with Crippen LogP contribution in [0.25, 0.3) is 10.4 Å². The summed E-state index contributed by atoms with van der Waals surface area (Å²) in [5, 5.41) is 11.5. The average molecular weight is 389 g/mol. The van der Waals surface area contributed by atoms with Gasteiger partial charge in [-0.2, -0.15) is 0 Å². The molecule has 0 aliphatic rings. The zero-order valence-corrected chi connectivity index (χ0v) is 15.0. The molecule has 0 fully saturated rings. The molecule has 0 bridgehead atoms. The lowest BCUT2D eigenvalue weighted by Crippen LogP contribution is -2.17. The van der Waals surface area contributed by atoms with E-state index in [0.29, 0.717) is 11.4 Å². The van der Waals surface area contributed by atoms with E-state index in [1.54, 1.807) is 34.6 Å². The molecule has 0 radical (unpaired) electrons. The van der Waals surface area contributed by atoms with Crippen LogP contribution < -0.4 is 10.1 Å². The number of aromatic carboxylic acids is 1. The summed E-state index contributed by atoms with van der Waals surface area (Å²) in [7, 11) is 3.14. The van der Waals surface area contributed by atoms with Gasteiger partial charge in [-0.05, 0) is 54.1 Å². The number of rotatable bonds is 4. The molecule has 0 aliphatic carbocycles. The Hall–Kier alpha value is -2.55. The van der Waals surface area contributed by atoms with Crippen molar-refractivity contribution in [1.82, 2.24) is 0 Å². The molecular formula is C17H11NO4S3. The third kappa shape index (κ3) is 4.50. The maximum absolute atomic E-state index is 11.9. The fraction of sp³-hybridized carbons (Fsp3) is 0. The van der Waals surface area contributed by atoms with Crippen LogP contribution in [0.4, 0.5) is 10.5 Å². The molecule has 126 valence electrons. The van der Waals surface area contributed by atoms with Crippen molar-refractivity contribution in [2.45, 2.75) is 0 Å². The highest BCUT2D eigenvalue weighted by atomic mass is 32.9. The van der Waals surface area contributed by atoms with Crippen molar-refractivity contribution in [3.63, 3.8) is 0 Å². The Labute approximate surface area is 155 Å². The van der Waals surface area contributed by atoms with Gasteiger partial charge in [0.25, 0.3) is 0 Å². The van der Waals surface area contributed by atoms with Gasteiger partial charge >= 0.3 is 12.1 Å². The zero-order chi connectivity index (χ0) is 17.8. The average Bonchev–Trinajstić information content (AvgIpc) is 3.02. The van der Waals surface area contributed by atoms with Gasteiger partial charge in [0, 0.05) is 10.6 Å². The highest BCUT2D eigenvalue weighted by Crippen LogP contribution is 2.30. The molecule has 0 saturated carbocycles. The maximum atomic E-state index is 11.9. The third-order valence-electron chi connectivity index (χ3n) is 3.17. The Morgan fingerprint density at radius 2 is 1.80 bits per heavy atom. The zero-order valence-electron chi connectivity index (χ0n) is 12.6. The van der Waals surface area contributed by atoms with Crippen LogP contribution in [-0.4, -0.2) is 17.2 Å². The topological polar surface area (TPSA) is 75.6 Å². The Balaban J connectivity index is 1.66. The number of carbonyl (C=O) groups is 2. The minimum atomic E-state index is -1.07. The second-order valence-electron chi connectivity index (χ2n) is 4.92. The van der Waals surface area contributed by atoms with Gasteiger partial charge < -0.3 is 9.84 Å². The number of carboxylic acids is 1. The number of ether oxygens (including phenoxy) is 1. The highest BCUT2D eigenvalue weighted by Gasteiger charge is 2.08. The molecule has 0 saturated heterocycles. The molecule has 3 aromatic rings. The quantitative estimate of drug-likeness (QED) is 0.454. The van der Waals surface area contributed by atoms with E-state index in [2.05, 4.69) is 5.32 Å². The fourth-order valence-electron chi connectivity index (χ4n) is 2.04. The summed E-state index contributed by atoms with van der Waals surface area (Å²) in [6, 6.07) is 14.9. The van der Waals surface area contributed by atoms with Crippen LogP contribution in [0, 0.1) is 3.82 Å². The van der Waals surface area contributed by atoms with Gasteiger partial charge in [0.15, 0.2) is 0 Å². The number of benzene rings is 2. The van der Waals surface area contributed by atoms with Gasteiger partial charge in [-0.1, -0.05) is 39.0 Å².